The van der Waals surface area contributed by atoms with Crippen molar-refractivity contribution >= 4 is 0 Å². The van der Waals surface area contributed by atoms with Crippen LogP contribution >= 0.6 is 0 Å². The lowest BCUT2D eigenvalue weighted by atomic mass is 9.85. The van der Waals surface area contributed by atoms with Crippen LogP contribution in [0.4, 0.5) is 0 Å². The Bertz CT molecular complexity index is 424. The van der Waals surface area contributed by atoms with E-state index in [9.17, 15) is 0 Å². The molecule has 2 nitrogen and oxygen atoms in total. The molecule has 1 rings (SSSR count). The van der Waals surface area contributed by atoms with Crippen molar-refractivity contribution in [2.45, 2.75) is 38.5 Å². The highest BCUT2D eigenvalue weighted by Crippen LogP contribution is 2.25. The van der Waals surface area contributed by atoms with Crippen molar-refractivity contribution in [1.29, 1.82) is 10.5 Å². The van der Waals surface area contributed by atoms with Crippen molar-refractivity contribution in [3.63, 3.8) is 0 Å². The largest absolute Gasteiger partial charge is 0.198 e. The monoisotopic (exact) mass is 212 g/mol. The van der Waals surface area contributed by atoms with Crippen molar-refractivity contribution in [3.05, 3.63) is 35.4 Å². The molecule has 82 valence electrons. The average molecular weight is 212 g/mol. The van der Waals surface area contributed by atoms with Gasteiger partial charge in [0.05, 0.1) is 24.5 Å². The van der Waals surface area contributed by atoms with E-state index in [4.69, 9.17) is 10.5 Å². The van der Waals surface area contributed by atoms with E-state index in [0.717, 1.165) is 5.56 Å². The fourth-order valence-electron chi connectivity index (χ4n) is 1.54. The van der Waals surface area contributed by atoms with E-state index in [1.807, 2.05) is 30.3 Å². The van der Waals surface area contributed by atoms with Crippen molar-refractivity contribution in [2.24, 2.45) is 0 Å². The van der Waals surface area contributed by atoms with E-state index >= 15 is 0 Å². The van der Waals surface area contributed by atoms with Gasteiger partial charge in [0.2, 0.25) is 0 Å². The molecule has 0 fully saturated rings. The topological polar surface area (TPSA) is 47.6 Å². The van der Waals surface area contributed by atoms with Crippen molar-refractivity contribution in [3.8, 4) is 12.1 Å². The highest BCUT2D eigenvalue weighted by atomic mass is 14.3. The molecule has 0 radical (unpaired) electrons. The molecule has 0 spiro atoms. The molecule has 0 heterocycles. The summed E-state index contributed by atoms with van der Waals surface area (Å²) in [6.45, 7) is 6.46. The molecule has 1 atom stereocenters. The Kier molecular flexibility index (Phi) is 3.69. The molecule has 0 saturated heterocycles. The third-order valence-electron chi connectivity index (χ3n) is 2.63. The number of hydrogen-bond acceptors (Lipinski definition) is 2. The molecule has 2 heteroatoms. The molecule has 0 N–H and O–H groups in total. The summed E-state index contributed by atoms with van der Waals surface area (Å²) >= 11 is 0. The second-order valence-electron chi connectivity index (χ2n) is 4.92. The van der Waals surface area contributed by atoms with Gasteiger partial charge in [-0.05, 0) is 16.5 Å². The van der Waals surface area contributed by atoms with Gasteiger partial charge in [-0.2, -0.15) is 10.5 Å². The minimum atomic E-state index is -0.306. The first kappa shape index (κ1) is 12.3. The van der Waals surface area contributed by atoms with E-state index in [1.165, 1.54) is 5.56 Å². The number of nitriles is 2. The highest BCUT2D eigenvalue weighted by molar-refractivity contribution is 5.32. The molecular formula is C14H16N2. The van der Waals surface area contributed by atoms with Crippen molar-refractivity contribution in [2.75, 3.05) is 0 Å². The molecule has 0 aliphatic heterocycles. The van der Waals surface area contributed by atoms with Gasteiger partial charge in [0.1, 0.15) is 0 Å². The summed E-state index contributed by atoms with van der Waals surface area (Å²) in [5.41, 5.74) is 2.29. The van der Waals surface area contributed by atoms with Crippen LogP contribution in [0.5, 0.6) is 0 Å². The lowest BCUT2D eigenvalue weighted by Crippen LogP contribution is -2.10. The Morgan fingerprint density at radius 2 is 1.69 bits per heavy atom. The summed E-state index contributed by atoms with van der Waals surface area (Å²) in [6, 6.07) is 12.2. The van der Waals surface area contributed by atoms with E-state index < -0.39 is 0 Å². The van der Waals surface area contributed by atoms with Crippen molar-refractivity contribution < 1.29 is 0 Å². The minimum absolute atomic E-state index is 0.121. The summed E-state index contributed by atoms with van der Waals surface area (Å²) in [7, 11) is 0. The maximum absolute atomic E-state index is 8.94. The SMILES string of the molecule is CC(C)(C)c1ccc(C(C#N)CC#N)cc1. The van der Waals surface area contributed by atoms with Gasteiger partial charge in [-0.25, -0.2) is 0 Å². The van der Waals surface area contributed by atoms with Crippen molar-refractivity contribution in [1.82, 2.24) is 0 Å². The Morgan fingerprint density at radius 1 is 1.12 bits per heavy atom. The molecule has 0 amide bonds. The second kappa shape index (κ2) is 4.81. The Morgan fingerprint density at radius 3 is 2.06 bits per heavy atom. The molecule has 0 aliphatic carbocycles. The normalized spacial score (nSPS) is 12.6. The molecule has 0 bridgehead atoms. The van der Waals surface area contributed by atoms with Crippen LogP contribution in [0, 0.1) is 22.7 Å². The zero-order valence-corrected chi connectivity index (χ0v) is 9.99. The van der Waals surface area contributed by atoms with Crippen LogP contribution in [0.25, 0.3) is 0 Å². The summed E-state index contributed by atoms with van der Waals surface area (Å²) in [5, 5.41) is 17.6. The molecule has 0 saturated carbocycles. The molecule has 1 unspecified atom stereocenters. The average Bonchev–Trinajstić information content (AvgIpc) is 2.25. The van der Waals surface area contributed by atoms with Crippen LogP contribution in [0.3, 0.4) is 0 Å². The van der Waals surface area contributed by atoms with E-state index in [0.29, 0.717) is 0 Å². The Labute approximate surface area is 97.1 Å². The van der Waals surface area contributed by atoms with Gasteiger partial charge in [-0.1, -0.05) is 45.0 Å². The fraction of sp³-hybridized carbons (Fsp3) is 0.429. The predicted octanol–water partition coefficient (Wildman–Crippen LogP) is 3.50. The quantitative estimate of drug-likeness (QED) is 0.753. The van der Waals surface area contributed by atoms with Gasteiger partial charge in [0, 0.05) is 0 Å². The summed E-state index contributed by atoms with van der Waals surface area (Å²) in [6.07, 6.45) is 0.255. The third-order valence-corrected chi connectivity index (χ3v) is 2.63. The summed E-state index contributed by atoms with van der Waals surface area (Å²) < 4.78 is 0. The van der Waals surface area contributed by atoms with Crippen LogP contribution in [0.1, 0.15) is 44.2 Å². The Hall–Kier alpha value is -1.80. The van der Waals surface area contributed by atoms with Crippen LogP contribution in [-0.4, -0.2) is 0 Å². The van der Waals surface area contributed by atoms with Crippen LogP contribution in [0.15, 0.2) is 24.3 Å². The van der Waals surface area contributed by atoms with Gasteiger partial charge >= 0.3 is 0 Å². The van der Waals surface area contributed by atoms with Crippen LogP contribution in [-0.2, 0) is 5.41 Å². The van der Waals surface area contributed by atoms with Gasteiger partial charge in [-0.3, -0.25) is 0 Å². The lowest BCUT2D eigenvalue weighted by Gasteiger charge is -2.19. The first-order valence-electron chi connectivity index (χ1n) is 5.36. The third kappa shape index (κ3) is 2.84. The summed E-state index contributed by atoms with van der Waals surface area (Å²) in [4.78, 5) is 0. The number of rotatable bonds is 2. The molecule has 0 aliphatic rings. The second-order valence-corrected chi connectivity index (χ2v) is 4.92. The minimum Gasteiger partial charge on any atom is -0.198 e. The lowest BCUT2D eigenvalue weighted by molar-refractivity contribution is 0.590. The maximum Gasteiger partial charge on any atom is 0.0842 e. The standard InChI is InChI=1S/C14H16N2/c1-14(2,3)13-6-4-11(5-7-13)12(10-16)8-9-15/h4-7,12H,8H2,1-3H3. The fourth-order valence-corrected chi connectivity index (χ4v) is 1.54. The van der Waals surface area contributed by atoms with Gasteiger partial charge in [0.25, 0.3) is 0 Å². The number of hydrogen-bond donors (Lipinski definition) is 0. The molecule has 1 aromatic carbocycles. The Balaban J connectivity index is 2.96. The van der Waals surface area contributed by atoms with Crippen LogP contribution < -0.4 is 0 Å². The highest BCUT2D eigenvalue weighted by Gasteiger charge is 2.15. The smallest absolute Gasteiger partial charge is 0.0842 e. The zero-order chi connectivity index (χ0) is 12.2. The van der Waals surface area contributed by atoms with E-state index in [-0.39, 0.29) is 17.8 Å². The molecule has 1 aromatic rings. The summed E-state index contributed by atoms with van der Waals surface area (Å²) in [5.74, 6) is -0.306. The molecule has 0 aromatic heterocycles. The zero-order valence-electron chi connectivity index (χ0n) is 9.99. The number of benzene rings is 1. The van der Waals surface area contributed by atoms with E-state index in [1.54, 1.807) is 0 Å². The van der Waals surface area contributed by atoms with Gasteiger partial charge in [0.15, 0.2) is 0 Å². The molecule has 16 heavy (non-hydrogen) atoms. The van der Waals surface area contributed by atoms with E-state index in [2.05, 4.69) is 26.8 Å². The first-order valence-corrected chi connectivity index (χ1v) is 5.36. The number of nitrogens with zero attached hydrogens (tertiary/aromatic N) is 2. The predicted molar refractivity (Wildman–Crippen MR) is 63.7 cm³/mol. The molecular weight excluding hydrogens is 196 g/mol. The van der Waals surface area contributed by atoms with Gasteiger partial charge < -0.3 is 0 Å². The van der Waals surface area contributed by atoms with Crippen LogP contribution in [0.2, 0.25) is 0 Å². The maximum atomic E-state index is 8.94. The first-order chi connectivity index (χ1) is 7.49. The van der Waals surface area contributed by atoms with Gasteiger partial charge in [-0.15, -0.1) is 0 Å².